The van der Waals surface area contributed by atoms with E-state index in [1.165, 1.54) is 0 Å². The normalized spacial score (nSPS) is 10.6. The highest BCUT2D eigenvalue weighted by atomic mass is 16.4. The molecule has 0 saturated carbocycles. The standard InChI is InChI=1S/C4H8O4.2CH4/c5-2-3(6)1-4(7)8;;/h3,5-6H,1-2H2,(H,7,8);2*1H4/t3-;;/m0../s1. The van der Waals surface area contributed by atoms with E-state index in [1.54, 1.807) is 0 Å². The fraction of sp³-hybridized carbons (Fsp3) is 0.833. The summed E-state index contributed by atoms with van der Waals surface area (Å²) in [5, 5.41) is 24.4. The molecular formula is C6H16O4. The largest absolute Gasteiger partial charge is 0.481 e. The van der Waals surface area contributed by atoms with Crippen molar-refractivity contribution >= 4 is 5.97 Å². The predicted molar refractivity (Wildman–Crippen MR) is 38.8 cm³/mol. The highest BCUT2D eigenvalue weighted by Gasteiger charge is 2.05. The first-order valence-electron chi connectivity index (χ1n) is 2.17. The van der Waals surface area contributed by atoms with E-state index in [0.717, 1.165) is 0 Å². The van der Waals surface area contributed by atoms with Gasteiger partial charge in [-0.25, -0.2) is 0 Å². The Balaban J connectivity index is -0.000000245. The Labute approximate surface area is 61.1 Å². The van der Waals surface area contributed by atoms with Crippen molar-refractivity contribution in [2.24, 2.45) is 0 Å². The quantitative estimate of drug-likeness (QED) is 0.535. The van der Waals surface area contributed by atoms with Crippen molar-refractivity contribution in [2.45, 2.75) is 27.4 Å². The van der Waals surface area contributed by atoms with Crippen LogP contribution in [0.1, 0.15) is 21.3 Å². The number of carboxylic acid groups (broad SMARTS) is 1. The minimum absolute atomic E-state index is 0. The predicted octanol–water partition coefficient (Wildman–Crippen LogP) is 0.0865. The fourth-order valence-electron chi connectivity index (χ4n) is 0.266. The van der Waals surface area contributed by atoms with Gasteiger partial charge < -0.3 is 15.3 Å². The third-order valence-electron chi connectivity index (χ3n) is 0.621. The van der Waals surface area contributed by atoms with Crippen molar-refractivity contribution in [3.63, 3.8) is 0 Å². The summed E-state index contributed by atoms with van der Waals surface area (Å²) in [7, 11) is 0. The van der Waals surface area contributed by atoms with Crippen LogP contribution in [0.4, 0.5) is 0 Å². The molecule has 4 heteroatoms. The monoisotopic (exact) mass is 152 g/mol. The van der Waals surface area contributed by atoms with Crippen LogP contribution < -0.4 is 0 Å². The number of hydrogen-bond donors (Lipinski definition) is 3. The van der Waals surface area contributed by atoms with Crippen LogP contribution in [0.15, 0.2) is 0 Å². The second-order valence-electron chi connectivity index (χ2n) is 1.43. The van der Waals surface area contributed by atoms with E-state index >= 15 is 0 Å². The molecule has 4 nitrogen and oxygen atoms in total. The number of carboxylic acids is 1. The van der Waals surface area contributed by atoms with Crippen LogP contribution in [0.25, 0.3) is 0 Å². The van der Waals surface area contributed by atoms with Crippen molar-refractivity contribution in [1.29, 1.82) is 0 Å². The molecule has 0 aliphatic heterocycles. The number of aliphatic hydroxyl groups is 2. The topological polar surface area (TPSA) is 77.8 Å². The van der Waals surface area contributed by atoms with E-state index in [2.05, 4.69) is 0 Å². The highest BCUT2D eigenvalue weighted by Crippen LogP contribution is 1.87. The summed E-state index contributed by atoms with van der Waals surface area (Å²) in [5.41, 5.74) is 0. The number of hydrogen-bond acceptors (Lipinski definition) is 3. The van der Waals surface area contributed by atoms with Gasteiger partial charge in [-0.15, -0.1) is 0 Å². The van der Waals surface area contributed by atoms with Crippen LogP contribution in [0.5, 0.6) is 0 Å². The maximum atomic E-state index is 9.70. The average molecular weight is 152 g/mol. The molecule has 10 heavy (non-hydrogen) atoms. The van der Waals surface area contributed by atoms with Crippen molar-refractivity contribution in [3.05, 3.63) is 0 Å². The van der Waals surface area contributed by atoms with Gasteiger partial charge in [0.25, 0.3) is 0 Å². The van der Waals surface area contributed by atoms with E-state index < -0.39 is 25.1 Å². The van der Waals surface area contributed by atoms with Crippen LogP contribution in [-0.4, -0.2) is 34.0 Å². The summed E-state index contributed by atoms with van der Waals surface area (Å²) >= 11 is 0. The van der Waals surface area contributed by atoms with Gasteiger partial charge in [0.1, 0.15) is 0 Å². The SMILES string of the molecule is C.C.O=C(O)C[C@H](O)CO. The van der Waals surface area contributed by atoms with Gasteiger partial charge in [0.2, 0.25) is 0 Å². The van der Waals surface area contributed by atoms with E-state index in [4.69, 9.17) is 15.3 Å². The van der Waals surface area contributed by atoms with Crippen molar-refractivity contribution in [3.8, 4) is 0 Å². The molecule has 0 amide bonds. The van der Waals surface area contributed by atoms with Gasteiger partial charge in [-0.05, 0) is 0 Å². The highest BCUT2D eigenvalue weighted by molar-refractivity contribution is 5.67. The maximum Gasteiger partial charge on any atom is 0.306 e. The first-order chi connectivity index (χ1) is 3.66. The maximum absolute atomic E-state index is 9.70. The molecule has 0 bridgehead atoms. The zero-order chi connectivity index (χ0) is 6.57. The molecule has 3 N–H and O–H groups in total. The third kappa shape index (κ3) is 10.4. The number of aliphatic hydroxyl groups excluding tert-OH is 2. The number of carbonyl (C=O) groups is 1. The van der Waals surface area contributed by atoms with E-state index in [9.17, 15) is 4.79 Å². The number of aliphatic carboxylic acids is 1. The average Bonchev–Trinajstić information content (AvgIpc) is 1.65. The summed E-state index contributed by atoms with van der Waals surface area (Å²) in [6.45, 7) is -0.494. The molecule has 0 aromatic carbocycles. The number of rotatable bonds is 3. The molecule has 0 aliphatic carbocycles. The van der Waals surface area contributed by atoms with Crippen molar-refractivity contribution in [1.82, 2.24) is 0 Å². The first-order valence-corrected chi connectivity index (χ1v) is 2.17. The Morgan fingerprint density at radius 3 is 1.90 bits per heavy atom. The van der Waals surface area contributed by atoms with Crippen LogP contribution >= 0.6 is 0 Å². The molecule has 0 aromatic rings. The lowest BCUT2D eigenvalue weighted by Gasteiger charge is -1.99. The van der Waals surface area contributed by atoms with Crippen LogP contribution in [0, 0.1) is 0 Å². The lowest BCUT2D eigenvalue weighted by atomic mass is 10.3. The molecule has 0 fully saturated rings. The molecule has 0 heterocycles. The Morgan fingerprint density at radius 1 is 1.40 bits per heavy atom. The second kappa shape index (κ2) is 8.39. The lowest BCUT2D eigenvalue weighted by Crippen LogP contribution is -2.16. The molecule has 0 unspecified atom stereocenters. The minimum atomic E-state index is -1.12. The Kier molecular flexibility index (Phi) is 13.6. The Morgan fingerprint density at radius 2 is 1.80 bits per heavy atom. The summed E-state index contributed by atoms with van der Waals surface area (Å²) in [4.78, 5) is 9.70. The summed E-state index contributed by atoms with van der Waals surface area (Å²) in [5.74, 6) is -1.11. The summed E-state index contributed by atoms with van der Waals surface area (Å²) in [6.07, 6.45) is -1.51. The molecule has 0 aliphatic rings. The van der Waals surface area contributed by atoms with Gasteiger partial charge in [0, 0.05) is 0 Å². The summed E-state index contributed by atoms with van der Waals surface area (Å²) < 4.78 is 0. The third-order valence-corrected chi connectivity index (χ3v) is 0.621. The molecule has 0 aromatic heterocycles. The molecule has 1 atom stereocenters. The minimum Gasteiger partial charge on any atom is -0.481 e. The molecule has 64 valence electrons. The second-order valence-corrected chi connectivity index (χ2v) is 1.43. The summed E-state index contributed by atoms with van der Waals surface area (Å²) in [6, 6.07) is 0. The van der Waals surface area contributed by atoms with Crippen LogP contribution in [-0.2, 0) is 4.79 Å². The Hall–Kier alpha value is -0.610. The zero-order valence-electron chi connectivity index (χ0n) is 4.24. The smallest absolute Gasteiger partial charge is 0.306 e. The van der Waals surface area contributed by atoms with Gasteiger partial charge in [-0.1, -0.05) is 14.9 Å². The van der Waals surface area contributed by atoms with Gasteiger partial charge in [0.05, 0.1) is 19.1 Å². The van der Waals surface area contributed by atoms with Crippen LogP contribution in [0.2, 0.25) is 0 Å². The Bertz CT molecular complexity index is 81.8. The van der Waals surface area contributed by atoms with Gasteiger partial charge >= 0.3 is 5.97 Å². The molecule has 0 saturated heterocycles. The molecular weight excluding hydrogens is 136 g/mol. The lowest BCUT2D eigenvalue weighted by molar-refractivity contribution is -0.139. The molecule has 0 rings (SSSR count). The fourth-order valence-corrected chi connectivity index (χ4v) is 0.266. The zero-order valence-corrected chi connectivity index (χ0v) is 4.24. The van der Waals surface area contributed by atoms with Gasteiger partial charge in [-0.3, -0.25) is 4.79 Å². The van der Waals surface area contributed by atoms with E-state index in [1.807, 2.05) is 0 Å². The van der Waals surface area contributed by atoms with Crippen molar-refractivity contribution < 1.29 is 20.1 Å². The molecule has 0 spiro atoms. The van der Waals surface area contributed by atoms with Gasteiger partial charge in [-0.2, -0.15) is 0 Å². The van der Waals surface area contributed by atoms with Crippen molar-refractivity contribution in [2.75, 3.05) is 6.61 Å². The van der Waals surface area contributed by atoms with Gasteiger partial charge in [0.15, 0.2) is 0 Å². The van der Waals surface area contributed by atoms with E-state index in [0.29, 0.717) is 0 Å². The van der Waals surface area contributed by atoms with E-state index in [-0.39, 0.29) is 14.9 Å². The first kappa shape index (κ1) is 16.2. The van der Waals surface area contributed by atoms with Crippen LogP contribution in [0.3, 0.4) is 0 Å². The molecule has 0 radical (unpaired) electrons.